The maximum Gasteiger partial charge on any atom is 0.104 e. The molecule has 0 heterocycles. The van der Waals surface area contributed by atoms with Crippen molar-refractivity contribution in [1.82, 2.24) is 0 Å². The second kappa shape index (κ2) is 5.12. The molecule has 0 fully saturated rings. The lowest BCUT2D eigenvalue weighted by atomic mass is 10.1. The van der Waals surface area contributed by atoms with Crippen LogP contribution in [0.15, 0.2) is 24.3 Å². The van der Waals surface area contributed by atoms with Crippen molar-refractivity contribution in [2.45, 2.75) is 26.3 Å². The Balaban J connectivity index is 2.94. The summed E-state index contributed by atoms with van der Waals surface area (Å²) < 4.78 is 0. The minimum absolute atomic E-state index is 0.453. The molecule has 0 radical (unpaired) electrons. The number of nitrogens with two attached hydrogens (primary N) is 1. The topological polar surface area (TPSA) is 29.3 Å². The zero-order chi connectivity index (χ0) is 11.4. The highest BCUT2D eigenvalue weighted by atomic mass is 32.1. The van der Waals surface area contributed by atoms with Gasteiger partial charge >= 0.3 is 0 Å². The number of nitrogens with zero attached hydrogens (tertiary/aromatic N) is 1. The summed E-state index contributed by atoms with van der Waals surface area (Å²) in [4.78, 5) is 2.69. The van der Waals surface area contributed by atoms with Crippen molar-refractivity contribution in [2.75, 3.05) is 11.9 Å². The molecule has 0 aliphatic carbocycles. The van der Waals surface area contributed by atoms with Gasteiger partial charge in [-0.3, -0.25) is 0 Å². The fraction of sp³-hybridized carbons (Fsp3) is 0.417. The molecule has 0 spiro atoms. The smallest absolute Gasteiger partial charge is 0.104 e. The van der Waals surface area contributed by atoms with Gasteiger partial charge in [-0.25, -0.2) is 0 Å². The molecule has 0 saturated carbocycles. The molecule has 82 valence electrons. The van der Waals surface area contributed by atoms with Crippen LogP contribution in [-0.4, -0.2) is 18.1 Å². The van der Waals surface area contributed by atoms with Crippen molar-refractivity contribution in [3.05, 3.63) is 29.8 Å². The first-order valence-corrected chi connectivity index (χ1v) is 5.59. The SMILES string of the molecule is CCC(C)N(C)c1cccc(C(N)=S)c1. The van der Waals surface area contributed by atoms with Crippen LogP contribution < -0.4 is 10.6 Å². The first-order chi connectivity index (χ1) is 7.06. The van der Waals surface area contributed by atoms with Gasteiger partial charge in [0.25, 0.3) is 0 Å². The zero-order valence-corrected chi connectivity index (χ0v) is 10.3. The number of rotatable bonds is 4. The fourth-order valence-electron chi connectivity index (χ4n) is 1.41. The van der Waals surface area contributed by atoms with Crippen molar-refractivity contribution in [3.8, 4) is 0 Å². The second-order valence-corrected chi connectivity index (χ2v) is 4.22. The molecule has 1 atom stereocenters. The van der Waals surface area contributed by atoms with Crippen LogP contribution in [0.2, 0.25) is 0 Å². The quantitative estimate of drug-likeness (QED) is 0.794. The molecule has 0 aliphatic heterocycles. The Bertz CT molecular complexity index is 349. The Morgan fingerprint density at radius 3 is 2.73 bits per heavy atom. The van der Waals surface area contributed by atoms with Gasteiger partial charge in [0.1, 0.15) is 4.99 Å². The van der Waals surface area contributed by atoms with Crippen molar-refractivity contribution >= 4 is 22.9 Å². The molecular formula is C12H18N2S. The zero-order valence-electron chi connectivity index (χ0n) is 9.53. The maximum absolute atomic E-state index is 5.60. The van der Waals surface area contributed by atoms with E-state index in [1.54, 1.807) is 0 Å². The summed E-state index contributed by atoms with van der Waals surface area (Å²) in [6.45, 7) is 4.38. The Hall–Kier alpha value is -1.09. The summed E-state index contributed by atoms with van der Waals surface area (Å²) >= 11 is 4.96. The Morgan fingerprint density at radius 2 is 2.20 bits per heavy atom. The average molecular weight is 222 g/mol. The van der Waals surface area contributed by atoms with Crippen molar-refractivity contribution < 1.29 is 0 Å². The molecular weight excluding hydrogens is 204 g/mol. The van der Waals surface area contributed by atoms with Crippen LogP contribution in [0.5, 0.6) is 0 Å². The third-order valence-electron chi connectivity index (χ3n) is 2.79. The summed E-state index contributed by atoms with van der Waals surface area (Å²) in [7, 11) is 2.09. The standard InChI is InChI=1S/C12H18N2S/c1-4-9(2)14(3)11-7-5-6-10(8-11)12(13)15/h5-9H,4H2,1-3H3,(H2,13,15). The highest BCUT2D eigenvalue weighted by molar-refractivity contribution is 7.80. The van der Waals surface area contributed by atoms with Gasteiger partial charge in [0.15, 0.2) is 0 Å². The Morgan fingerprint density at radius 1 is 1.53 bits per heavy atom. The van der Waals surface area contributed by atoms with E-state index < -0.39 is 0 Å². The van der Waals surface area contributed by atoms with Crippen LogP contribution in [0.1, 0.15) is 25.8 Å². The van der Waals surface area contributed by atoms with E-state index in [2.05, 4.69) is 31.9 Å². The van der Waals surface area contributed by atoms with Gasteiger partial charge in [-0.05, 0) is 25.5 Å². The first kappa shape index (κ1) is 12.0. The molecule has 1 unspecified atom stereocenters. The Kier molecular flexibility index (Phi) is 4.09. The monoisotopic (exact) mass is 222 g/mol. The molecule has 3 heteroatoms. The molecule has 1 aromatic rings. The number of hydrogen-bond donors (Lipinski definition) is 1. The van der Waals surface area contributed by atoms with Gasteiger partial charge in [-0.2, -0.15) is 0 Å². The molecule has 15 heavy (non-hydrogen) atoms. The van der Waals surface area contributed by atoms with E-state index in [4.69, 9.17) is 18.0 Å². The number of anilines is 1. The predicted octanol–water partition coefficient (Wildman–Crippen LogP) is 2.56. The van der Waals surface area contributed by atoms with Crippen LogP contribution in [0.4, 0.5) is 5.69 Å². The first-order valence-electron chi connectivity index (χ1n) is 5.19. The van der Waals surface area contributed by atoms with Gasteiger partial charge in [0.2, 0.25) is 0 Å². The van der Waals surface area contributed by atoms with Gasteiger partial charge in [-0.1, -0.05) is 31.3 Å². The largest absolute Gasteiger partial charge is 0.389 e. The van der Waals surface area contributed by atoms with Crippen LogP contribution >= 0.6 is 12.2 Å². The average Bonchev–Trinajstić information content (AvgIpc) is 2.27. The summed E-state index contributed by atoms with van der Waals surface area (Å²) in [5.74, 6) is 0. The molecule has 0 amide bonds. The second-order valence-electron chi connectivity index (χ2n) is 3.78. The predicted molar refractivity (Wildman–Crippen MR) is 70.5 cm³/mol. The maximum atomic E-state index is 5.60. The molecule has 0 aromatic heterocycles. The van der Waals surface area contributed by atoms with Crippen LogP contribution in [-0.2, 0) is 0 Å². The molecule has 0 aliphatic rings. The normalized spacial score (nSPS) is 12.2. The lowest BCUT2D eigenvalue weighted by Crippen LogP contribution is -2.28. The van der Waals surface area contributed by atoms with E-state index in [1.807, 2.05) is 18.2 Å². The van der Waals surface area contributed by atoms with Crippen LogP contribution in [0, 0.1) is 0 Å². The summed E-state index contributed by atoms with van der Waals surface area (Å²) in [6.07, 6.45) is 1.12. The lowest BCUT2D eigenvalue weighted by Gasteiger charge is -2.26. The number of benzene rings is 1. The van der Waals surface area contributed by atoms with E-state index in [9.17, 15) is 0 Å². The van der Waals surface area contributed by atoms with Crippen LogP contribution in [0.25, 0.3) is 0 Å². The van der Waals surface area contributed by atoms with Crippen molar-refractivity contribution in [2.24, 2.45) is 5.73 Å². The molecule has 2 nitrogen and oxygen atoms in total. The third kappa shape index (κ3) is 2.93. The van der Waals surface area contributed by atoms with Gasteiger partial charge < -0.3 is 10.6 Å². The van der Waals surface area contributed by atoms with E-state index in [-0.39, 0.29) is 0 Å². The Labute approximate surface area is 97.1 Å². The highest BCUT2D eigenvalue weighted by Crippen LogP contribution is 2.18. The number of thiocarbonyl (C=S) groups is 1. The lowest BCUT2D eigenvalue weighted by molar-refractivity contribution is 0.664. The van der Waals surface area contributed by atoms with E-state index in [0.717, 1.165) is 17.7 Å². The summed E-state index contributed by atoms with van der Waals surface area (Å²) in [6, 6.07) is 8.56. The van der Waals surface area contributed by atoms with Gasteiger partial charge in [-0.15, -0.1) is 0 Å². The van der Waals surface area contributed by atoms with Gasteiger partial charge in [0, 0.05) is 24.3 Å². The summed E-state index contributed by atoms with van der Waals surface area (Å²) in [5, 5.41) is 0. The minimum atomic E-state index is 0.453. The van der Waals surface area contributed by atoms with E-state index in [0.29, 0.717) is 11.0 Å². The molecule has 0 saturated heterocycles. The molecule has 1 rings (SSSR count). The summed E-state index contributed by atoms with van der Waals surface area (Å²) in [5.41, 5.74) is 7.69. The molecule has 0 bridgehead atoms. The fourth-order valence-corrected chi connectivity index (χ4v) is 1.53. The van der Waals surface area contributed by atoms with Crippen molar-refractivity contribution in [1.29, 1.82) is 0 Å². The van der Waals surface area contributed by atoms with Crippen molar-refractivity contribution in [3.63, 3.8) is 0 Å². The van der Waals surface area contributed by atoms with Crippen LogP contribution in [0.3, 0.4) is 0 Å². The van der Waals surface area contributed by atoms with E-state index in [1.165, 1.54) is 0 Å². The van der Waals surface area contributed by atoms with Gasteiger partial charge in [0.05, 0.1) is 0 Å². The number of hydrogen-bond acceptors (Lipinski definition) is 2. The molecule has 1 aromatic carbocycles. The third-order valence-corrected chi connectivity index (χ3v) is 3.03. The minimum Gasteiger partial charge on any atom is -0.389 e. The van der Waals surface area contributed by atoms with E-state index >= 15 is 0 Å². The highest BCUT2D eigenvalue weighted by Gasteiger charge is 2.08. The molecule has 2 N–H and O–H groups in total.